The minimum absolute atomic E-state index is 0.0399. The van der Waals surface area contributed by atoms with Crippen LogP contribution in [0.25, 0.3) is 0 Å². The average molecular weight is 230 g/mol. The lowest BCUT2D eigenvalue weighted by Gasteiger charge is -2.28. The Morgan fingerprint density at radius 3 is 2.33 bits per heavy atom. The number of hydrogen-bond donors (Lipinski definition) is 0. The lowest BCUT2D eigenvalue weighted by atomic mass is 10.1. The van der Waals surface area contributed by atoms with E-state index in [2.05, 4.69) is 6.58 Å². The maximum Gasteiger partial charge on any atom is 0.335 e. The molecule has 0 spiro atoms. The molecule has 2 unspecified atom stereocenters. The van der Waals surface area contributed by atoms with Gasteiger partial charge in [-0.25, -0.2) is 0 Å². The van der Waals surface area contributed by atoms with E-state index in [9.17, 15) is 4.79 Å². The molecule has 2 atom stereocenters. The van der Waals surface area contributed by atoms with E-state index in [1.54, 1.807) is 13.8 Å². The minimum atomic E-state index is -2.16. The molecule has 0 saturated heterocycles. The van der Waals surface area contributed by atoms with Gasteiger partial charge in [0, 0.05) is 6.61 Å². The van der Waals surface area contributed by atoms with E-state index < -0.39 is 14.7 Å². The van der Waals surface area contributed by atoms with E-state index in [0.717, 1.165) is 6.04 Å². The molecule has 0 fully saturated rings. The molecule has 4 heteroatoms. The number of rotatable bonds is 7. The van der Waals surface area contributed by atoms with Crippen LogP contribution in [-0.2, 0) is 13.6 Å². The molecule has 0 aliphatic heterocycles. The molecule has 0 bridgehead atoms. The van der Waals surface area contributed by atoms with Gasteiger partial charge in [-0.05, 0) is 38.9 Å². The Bertz CT molecular complexity index is 240. The topological polar surface area (TPSA) is 35.5 Å². The molecule has 0 aromatic heterocycles. The molecule has 0 amide bonds. The molecular formula is C11H22O3Si. The molecule has 0 rings (SSSR count). The van der Waals surface area contributed by atoms with Crippen molar-refractivity contribution in [1.29, 1.82) is 0 Å². The van der Waals surface area contributed by atoms with E-state index >= 15 is 0 Å². The van der Waals surface area contributed by atoms with Crippen molar-refractivity contribution in [2.24, 2.45) is 0 Å². The number of carbonyl (C=O) groups excluding carboxylic acids is 1. The first-order chi connectivity index (χ1) is 6.86. The third-order valence-electron chi connectivity index (χ3n) is 2.31. The van der Waals surface area contributed by atoms with Crippen LogP contribution in [0.2, 0.25) is 12.6 Å². The third-order valence-corrected chi connectivity index (χ3v) is 5.34. The van der Waals surface area contributed by atoms with Crippen molar-refractivity contribution in [2.45, 2.75) is 46.4 Å². The van der Waals surface area contributed by atoms with E-state index in [1.807, 2.05) is 20.4 Å². The standard InChI is InChI=1S/C11H22O3Si/c1-7-13-15(6,8-2)14-10(5)11(12)9(3)4/h10H,3,7-8H2,1-2,4-6H3. The highest BCUT2D eigenvalue weighted by atomic mass is 28.4. The summed E-state index contributed by atoms with van der Waals surface area (Å²) in [5.74, 6) is -0.0399. The summed E-state index contributed by atoms with van der Waals surface area (Å²) >= 11 is 0. The Hall–Kier alpha value is -0.453. The van der Waals surface area contributed by atoms with Crippen molar-refractivity contribution in [2.75, 3.05) is 6.61 Å². The van der Waals surface area contributed by atoms with E-state index in [-0.39, 0.29) is 5.78 Å². The summed E-state index contributed by atoms with van der Waals surface area (Å²) in [5, 5.41) is 0. The van der Waals surface area contributed by atoms with Crippen LogP contribution < -0.4 is 0 Å². The average Bonchev–Trinajstić information content (AvgIpc) is 2.16. The van der Waals surface area contributed by atoms with Gasteiger partial charge in [0.1, 0.15) is 6.10 Å². The Morgan fingerprint density at radius 1 is 1.47 bits per heavy atom. The molecule has 0 saturated carbocycles. The second kappa shape index (κ2) is 6.20. The highest BCUT2D eigenvalue weighted by Gasteiger charge is 2.33. The fraction of sp³-hybridized carbons (Fsp3) is 0.727. The lowest BCUT2D eigenvalue weighted by Crippen LogP contribution is -2.43. The molecule has 0 radical (unpaired) electrons. The number of hydrogen-bond acceptors (Lipinski definition) is 3. The third kappa shape index (κ3) is 4.73. The summed E-state index contributed by atoms with van der Waals surface area (Å²) in [6, 6.07) is 0.842. The van der Waals surface area contributed by atoms with Crippen molar-refractivity contribution in [3.05, 3.63) is 12.2 Å². The van der Waals surface area contributed by atoms with Gasteiger partial charge >= 0.3 is 8.56 Å². The molecule has 15 heavy (non-hydrogen) atoms. The fourth-order valence-electron chi connectivity index (χ4n) is 1.30. The van der Waals surface area contributed by atoms with E-state index in [1.165, 1.54) is 0 Å². The highest BCUT2D eigenvalue weighted by molar-refractivity contribution is 6.66. The van der Waals surface area contributed by atoms with E-state index in [4.69, 9.17) is 8.85 Å². The molecule has 88 valence electrons. The summed E-state index contributed by atoms with van der Waals surface area (Å²) in [5.41, 5.74) is 0.534. The van der Waals surface area contributed by atoms with Crippen LogP contribution in [0, 0.1) is 0 Å². The largest absolute Gasteiger partial charge is 0.395 e. The normalized spacial score (nSPS) is 16.9. The van der Waals surface area contributed by atoms with Crippen LogP contribution >= 0.6 is 0 Å². The van der Waals surface area contributed by atoms with Crippen molar-refractivity contribution in [3.63, 3.8) is 0 Å². The summed E-state index contributed by atoms with van der Waals surface area (Å²) < 4.78 is 11.4. The maximum absolute atomic E-state index is 11.6. The number of carbonyl (C=O) groups is 1. The second-order valence-electron chi connectivity index (χ2n) is 3.83. The first-order valence-electron chi connectivity index (χ1n) is 5.37. The Morgan fingerprint density at radius 2 is 2.00 bits per heavy atom. The molecule has 0 N–H and O–H groups in total. The van der Waals surface area contributed by atoms with Crippen LogP contribution in [-0.4, -0.2) is 27.1 Å². The minimum Gasteiger partial charge on any atom is -0.395 e. The summed E-state index contributed by atoms with van der Waals surface area (Å²) in [6.45, 7) is 13.7. The first-order valence-corrected chi connectivity index (χ1v) is 7.90. The molecule has 3 nitrogen and oxygen atoms in total. The predicted octanol–water partition coefficient (Wildman–Crippen LogP) is 2.67. The van der Waals surface area contributed by atoms with E-state index in [0.29, 0.717) is 12.2 Å². The van der Waals surface area contributed by atoms with Crippen LogP contribution in [0.5, 0.6) is 0 Å². The van der Waals surface area contributed by atoms with Crippen molar-refractivity contribution >= 4 is 14.3 Å². The Balaban J connectivity index is 4.42. The van der Waals surface area contributed by atoms with Crippen molar-refractivity contribution < 1.29 is 13.6 Å². The van der Waals surface area contributed by atoms with Gasteiger partial charge in [0.15, 0.2) is 5.78 Å². The van der Waals surface area contributed by atoms with Crippen LogP contribution in [0.1, 0.15) is 27.7 Å². The summed E-state index contributed by atoms with van der Waals surface area (Å²) in [4.78, 5) is 11.6. The van der Waals surface area contributed by atoms with Gasteiger partial charge in [0.25, 0.3) is 0 Å². The summed E-state index contributed by atoms with van der Waals surface area (Å²) in [7, 11) is -2.16. The van der Waals surface area contributed by atoms with Gasteiger partial charge in [-0.1, -0.05) is 13.5 Å². The molecule has 0 aliphatic rings. The van der Waals surface area contributed by atoms with Crippen LogP contribution in [0.15, 0.2) is 12.2 Å². The van der Waals surface area contributed by atoms with Gasteiger partial charge < -0.3 is 8.85 Å². The zero-order valence-electron chi connectivity index (χ0n) is 10.4. The second-order valence-corrected chi connectivity index (χ2v) is 7.32. The van der Waals surface area contributed by atoms with Gasteiger partial charge in [0.05, 0.1) is 0 Å². The molecule has 0 aromatic rings. The zero-order valence-corrected chi connectivity index (χ0v) is 11.4. The Kier molecular flexibility index (Phi) is 6.01. The van der Waals surface area contributed by atoms with Crippen LogP contribution in [0.4, 0.5) is 0 Å². The molecule has 0 aromatic carbocycles. The van der Waals surface area contributed by atoms with Gasteiger partial charge in [-0.15, -0.1) is 0 Å². The fourth-order valence-corrected chi connectivity index (χ4v) is 3.20. The SMILES string of the molecule is C=C(C)C(=O)C(C)O[Si](C)(CC)OCC. The van der Waals surface area contributed by atoms with Crippen LogP contribution in [0.3, 0.4) is 0 Å². The molecular weight excluding hydrogens is 208 g/mol. The highest BCUT2D eigenvalue weighted by Crippen LogP contribution is 2.16. The lowest BCUT2D eigenvalue weighted by molar-refractivity contribution is -0.122. The smallest absolute Gasteiger partial charge is 0.335 e. The zero-order chi connectivity index (χ0) is 12.1. The molecule has 0 heterocycles. The van der Waals surface area contributed by atoms with Gasteiger partial charge in [-0.3, -0.25) is 4.79 Å². The van der Waals surface area contributed by atoms with Gasteiger partial charge in [0.2, 0.25) is 0 Å². The van der Waals surface area contributed by atoms with Crippen molar-refractivity contribution in [3.8, 4) is 0 Å². The van der Waals surface area contributed by atoms with Gasteiger partial charge in [-0.2, -0.15) is 0 Å². The summed E-state index contributed by atoms with van der Waals surface area (Å²) in [6.07, 6.45) is -0.439. The van der Waals surface area contributed by atoms with Crippen molar-refractivity contribution in [1.82, 2.24) is 0 Å². The Labute approximate surface area is 93.7 Å². The monoisotopic (exact) mass is 230 g/mol. The molecule has 0 aliphatic carbocycles. The first kappa shape index (κ1) is 14.5. The number of ketones is 1. The maximum atomic E-state index is 11.6. The quantitative estimate of drug-likeness (QED) is 0.498. The predicted molar refractivity (Wildman–Crippen MR) is 64.1 cm³/mol. The number of Topliss-reactive ketones (excluding diaryl/α,β-unsaturated/α-hetero) is 1.